The van der Waals surface area contributed by atoms with Crippen LogP contribution in [0.2, 0.25) is 0 Å². The minimum absolute atomic E-state index is 0.156. The average Bonchev–Trinajstić information content (AvgIpc) is 3.37. The van der Waals surface area contributed by atoms with Crippen molar-refractivity contribution in [3.63, 3.8) is 0 Å². The number of nitrogens with one attached hydrogen (secondary N) is 2. The Morgan fingerprint density at radius 2 is 2.03 bits per heavy atom. The van der Waals surface area contributed by atoms with Gasteiger partial charge in [-0.1, -0.05) is 28.1 Å². The molecule has 0 spiro atoms. The molecule has 7 heteroatoms. The summed E-state index contributed by atoms with van der Waals surface area (Å²) in [5.74, 6) is 0.189. The number of allylic oxidation sites excluding steroid dienone is 3. The number of hydrogen-bond acceptors (Lipinski definition) is 5. The summed E-state index contributed by atoms with van der Waals surface area (Å²) in [5.41, 5.74) is 3.63. The summed E-state index contributed by atoms with van der Waals surface area (Å²) < 4.78 is 0.994. The molecule has 0 aliphatic carbocycles. The monoisotopic (exact) mass is 493 g/mol. The van der Waals surface area contributed by atoms with E-state index in [-0.39, 0.29) is 11.9 Å². The Morgan fingerprint density at radius 1 is 1.19 bits per heavy atom. The lowest BCUT2D eigenvalue weighted by Gasteiger charge is -2.32. The van der Waals surface area contributed by atoms with E-state index in [2.05, 4.69) is 60.3 Å². The highest BCUT2D eigenvalue weighted by molar-refractivity contribution is 9.10. The fourth-order valence-electron chi connectivity index (χ4n) is 4.46. The van der Waals surface area contributed by atoms with Gasteiger partial charge in [0, 0.05) is 66.9 Å². The largest absolute Gasteiger partial charge is 0.360 e. The van der Waals surface area contributed by atoms with Crippen LogP contribution in [0.15, 0.2) is 65.1 Å². The number of piperazine rings is 1. The molecule has 1 saturated heterocycles. The fourth-order valence-corrected chi connectivity index (χ4v) is 4.82. The second kappa shape index (κ2) is 9.10. The van der Waals surface area contributed by atoms with Gasteiger partial charge in [-0.3, -0.25) is 4.79 Å². The van der Waals surface area contributed by atoms with E-state index < -0.39 is 0 Å². The number of likely N-dealkylation sites (N-methyl/N-ethyl adjacent to an activating group) is 1. The van der Waals surface area contributed by atoms with E-state index in [1.54, 1.807) is 0 Å². The van der Waals surface area contributed by atoms with E-state index in [1.165, 1.54) is 0 Å². The molecule has 0 saturated carbocycles. The van der Waals surface area contributed by atoms with Crippen molar-refractivity contribution in [3.05, 3.63) is 76.3 Å². The van der Waals surface area contributed by atoms with E-state index >= 15 is 0 Å². The van der Waals surface area contributed by atoms with Crippen molar-refractivity contribution in [2.75, 3.05) is 39.8 Å². The second-order valence-electron chi connectivity index (χ2n) is 8.60. The number of ketones is 1. The van der Waals surface area contributed by atoms with Crippen LogP contribution < -0.4 is 5.32 Å². The molecule has 1 fully saturated rings. The zero-order valence-electron chi connectivity index (χ0n) is 18.2. The van der Waals surface area contributed by atoms with Crippen LogP contribution in [-0.2, 0) is 0 Å². The summed E-state index contributed by atoms with van der Waals surface area (Å²) in [6, 6.07) is 6.06. The summed E-state index contributed by atoms with van der Waals surface area (Å²) >= 11 is 3.55. The molecule has 1 unspecified atom stereocenters. The van der Waals surface area contributed by atoms with Gasteiger partial charge in [0.1, 0.15) is 6.17 Å². The number of carbonyl (C=O) groups is 1. The van der Waals surface area contributed by atoms with Crippen molar-refractivity contribution in [1.29, 1.82) is 0 Å². The smallest absolute Gasteiger partial charge is 0.166 e. The highest BCUT2D eigenvalue weighted by Crippen LogP contribution is 2.28. The van der Waals surface area contributed by atoms with Crippen molar-refractivity contribution in [1.82, 2.24) is 25.0 Å². The molecule has 2 aromatic rings. The van der Waals surface area contributed by atoms with Gasteiger partial charge in [0.15, 0.2) is 5.78 Å². The number of hydrogen-bond donors (Lipinski definition) is 2. The maximum atomic E-state index is 13.4. The van der Waals surface area contributed by atoms with Gasteiger partial charge in [0.25, 0.3) is 0 Å². The number of aromatic amines is 1. The lowest BCUT2D eigenvalue weighted by Crippen LogP contribution is -2.45. The standard InChI is InChI=1S/C25H28BrN5O/c1-29-12-14-30(15-13-29)11-9-23(32)25-20-7-5-18(26)16-22(20)28-21(25)8-6-19-17-31-10-3-2-4-24(31)27-19/h2-8,10,16-17,24,27-28H,9,11-15H2,1H3/b8-6+. The molecule has 0 radical (unpaired) electrons. The Labute approximate surface area is 197 Å². The van der Waals surface area contributed by atoms with Crippen LogP contribution in [0.4, 0.5) is 0 Å². The van der Waals surface area contributed by atoms with E-state index in [1.807, 2.05) is 48.7 Å². The molecule has 6 nitrogen and oxygen atoms in total. The quantitative estimate of drug-likeness (QED) is 0.597. The van der Waals surface area contributed by atoms with Gasteiger partial charge in [-0.2, -0.15) is 0 Å². The van der Waals surface area contributed by atoms with E-state index in [0.29, 0.717) is 6.42 Å². The first-order chi connectivity index (χ1) is 15.6. The predicted molar refractivity (Wildman–Crippen MR) is 133 cm³/mol. The molecule has 5 rings (SSSR count). The van der Waals surface area contributed by atoms with Gasteiger partial charge in [0.05, 0.1) is 17.0 Å². The van der Waals surface area contributed by atoms with Gasteiger partial charge in [-0.05, 0) is 43.5 Å². The number of carbonyl (C=O) groups excluding carboxylic acids is 1. The maximum absolute atomic E-state index is 13.4. The summed E-state index contributed by atoms with van der Waals surface area (Å²) in [6.45, 7) is 4.98. The molecular formula is C25H28BrN5O. The lowest BCUT2D eigenvalue weighted by atomic mass is 10.0. The Morgan fingerprint density at radius 3 is 2.84 bits per heavy atom. The van der Waals surface area contributed by atoms with Crippen molar-refractivity contribution >= 4 is 38.7 Å². The molecule has 0 bridgehead atoms. The number of nitrogens with zero attached hydrogens (tertiary/aromatic N) is 3. The van der Waals surface area contributed by atoms with Crippen LogP contribution in [0.5, 0.6) is 0 Å². The molecule has 166 valence electrons. The third-order valence-electron chi connectivity index (χ3n) is 6.34. The Kier molecular flexibility index (Phi) is 6.04. The number of halogens is 1. The summed E-state index contributed by atoms with van der Waals surface area (Å²) in [6.07, 6.45) is 15.0. The van der Waals surface area contributed by atoms with Crippen LogP contribution in [-0.4, -0.2) is 71.4 Å². The van der Waals surface area contributed by atoms with Gasteiger partial charge in [-0.15, -0.1) is 0 Å². The molecule has 1 atom stereocenters. The number of Topliss-reactive ketones (excluding diaryl/α,β-unsaturated/α-hetero) is 1. The fraction of sp³-hybridized carbons (Fsp3) is 0.320. The van der Waals surface area contributed by atoms with E-state index in [4.69, 9.17) is 0 Å². The van der Waals surface area contributed by atoms with Gasteiger partial charge < -0.3 is 25.0 Å². The number of rotatable bonds is 6. The first-order valence-electron chi connectivity index (χ1n) is 11.1. The van der Waals surface area contributed by atoms with Crippen LogP contribution >= 0.6 is 15.9 Å². The van der Waals surface area contributed by atoms with Crippen molar-refractivity contribution < 1.29 is 4.79 Å². The van der Waals surface area contributed by atoms with Crippen LogP contribution in [0.25, 0.3) is 17.0 Å². The number of aromatic nitrogens is 1. The minimum atomic E-state index is 0.156. The molecular weight excluding hydrogens is 466 g/mol. The second-order valence-corrected chi connectivity index (χ2v) is 9.52. The average molecular weight is 494 g/mol. The number of fused-ring (bicyclic) bond motifs is 2. The highest BCUT2D eigenvalue weighted by Gasteiger charge is 2.22. The Balaban J connectivity index is 1.37. The van der Waals surface area contributed by atoms with Crippen LogP contribution in [0.3, 0.4) is 0 Å². The van der Waals surface area contributed by atoms with Gasteiger partial charge >= 0.3 is 0 Å². The topological polar surface area (TPSA) is 54.6 Å². The van der Waals surface area contributed by atoms with Crippen molar-refractivity contribution in [2.45, 2.75) is 12.6 Å². The SMILES string of the molecule is CN1CCN(CCC(=O)c2c(/C=C/C3=CN4C=CC=CC4N3)[nH]c3cc(Br)ccc23)CC1. The maximum Gasteiger partial charge on any atom is 0.166 e. The van der Waals surface area contributed by atoms with Crippen molar-refractivity contribution in [2.24, 2.45) is 0 Å². The van der Waals surface area contributed by atoms with Gasteiger partial charge in [0.2, 0.25) is 0 Å². The van der Waals surface area contributed by atoms with Crippen LogP contribution in [0, 0.1) is 0 Å². The summed E-state index contributed by atoms with van der Waals surface area (Å²) in [4.78, 5) is 23.7. The molecule has 4 heterocycles. The summed E-state index contributed by atoms with van der Waals surface area (Å²) in [7, 11) is 2.15. The van der Waals surface area contributed by atoms with E-state index in [9.17, 15) is 4.79 Å². The third-order valence-corrected chi connectivity index (χ3v) is 6.83. The minimum Gasteiger partial charge on any atom is -0.360 e. The Hall–Kier alpha value is -2.61. The molecule has 32 heavy (non-hydrogen) atoms. The molecule has 0 amide bonds. The number of H-pyrrole nitrogens is 1. The molecule has 1 aromatic carbocycles. The van der Waals surface area contributed by atoms with Gasteiger partial charge in [-0.25, -0.2) is 0 Å². The molecule has 1 aromatic heterocycles. The molecule has 2 N–H and O–H groups in total. The zero-order chi connectivity index (χ0) is 22.1. The summed E-state index contributed by atoms with van der Waals surface area (Å²) in [5, 5.41) is 4.45. The molecule has 3 aliphatic heterocycles. The zero-order valence-corrected chi connectivity index (χ0v) is 19.8. The first-order valence-corrected chi connectivity index (χ1v) is 11.9. The molecule has 3 aliphatic rings. The van der Waals surface area contributed by atoms with Crippen molar-refractivity contribution in [3.8, 4) is 0 Å². The Bertz CT molecular complexity index is 1140. The third kappa shape index (κ3) is 4.46. The number of benzene rings is 1. The predicted octanol–water partition coefficient (Wildman–Crippen LogP) is 3.92. The lowest BCUT2D eigenvalue weighted by molar-refractivity contribution is 0.0943. The normalized spacial score (nSPS) is 21.4. The first kappa shape index (κ1) is 21.2. The van der Waals surface area contributed by atoms with Crippen LogP contribution in [0.1, 0.15) is 22.5 Å². The highest BCUT2D eigenvalue weighted by atomic mass is 79.9. The van der Waals surface area contributed by atoms with E-state index in [0.717, 1.165) is 65.1 Å².